The molecule has 0 unspecified atom stereocenters. The van der Waals surface area contributed by atoms with Crippen molar-refractivity contribution in [2.75, 3.05) is 12.4 Å². The van der Waals surface area contributed by atoms with Crippen LogP contribution in [0.2, 0.25) is 0 Å². The number of amides is 3. The molecule has 0 saturated heterocycles. The number of aromatic nitrogens is 3. The molecule has 2 aromatic carbocycles. The van der Waals surface area contributed by atoms with Gasteiger partial charge >= 0.3 is 0 Å². The van der Waals surface area contributed by atoms with Gasteiger partial charge in [0, 0.05) is 22.5 Å². The third-order valence-electron chi connectivity index (χ3n) is 5.39. The second-order valence-corrected chi connectivity index (χ2v) is 8.58. The number of anilines is 1. The smallest absolute Gasteiger partial charge is 0.261 e. The van der Waals surface area contributed by atoms with Gasteiger partial charge in [-0.2, -0.15) is 4.98 Å². The lowest BCUT2D eigenvalue weighted by Gasteiger charge is -2.17. The number of rotatable bonds is 5. The quantitative estimate of drug-likeness (QED) is 0.454. The van der Waals surface area contributed by atoms with Crippen LogP contribution in [0.5, 0.6) is 5.75 Å². The number of thiazole rings is 1. The molecule has 5 rings (SSSR count). The van der Waals surface area contributed by atoms with Crippen molar-refractivity contribution in [3.05, 3.63) is 64.5 Å². The lowest BCUT2D eigenvalue weighted by atomic mass is 10.1. The average molecular weight is 462 g/mol. The molecule has 4 aromatic rings. The van der Waals surface area contributed by atoms with Crippen LogP contribution >= 0.6 is 11.3 Å². The van der Waals surface area contributed by atoms with E-state index in [1.165, 1.54) is 34.4 Å². The number of para-hydroxylation sites is 1. The van der Waals surface area contributed by atoms with E-state index in [4.69, 9.17) is 4.74 Å². The Balaban J connectivity index is 1.43. The van der Waals surface area contributed by atoms with Gasteiger partial charge in [-0.15, -0.1) is 16.4 Å². The number of ether oxygens (including phenoxy) is 1. The first kappa shape index (κ1) is 20.8. The summed E-state index contributed by atoms with van der Waals surface area (Å²) in [5, 5.41) is 9.02. The Hall–Kier alpha value is -4.05. The monoisotopic (exact) mass is 461 g/mol. The number of benzene rings is 2. The average Bonchev–Trinajstić information content (AvgIpc) is 3.45. The van der Waals surface area contributed by atoms with Crippen LogP contribution in [0, 0.1) is 0 Å². The van der Waals surface area contributed by atoms with Crippen molar-refractivity contribution in [1.29, 1.82) is 0 Å². The third-order valence-corrected chi connectivity index (χ3v) is 6.20. The Labute approximate surface area is 192 Å². The van der Waals surface area contributed by atoms with Crippen molar-refractivity contribution in [2.24, 2.45) is 0 Å². The van der Waals surface area contributed by atoms with E-state index in [1.54, 1.807) is 25.5 Å². The number of carbonyl (C=O) groups excluding carboxylic acids is 3. The van der Waals surface area contributed by atoms with Gasteiger partial charge in [-0.3, -0.25) is 24.6 Å². The summed E-state index contributed by atoms with van der Waals surface area (Å²) in [6.45, 7) is 3.54. The van der Waals surface area contributed by atoms with E-state index in [0.29, 0.717) is 16.3 Å². The first-order chi connectivity index (χ1) is 15.9. The molecule has 0 saturated carbocycles. The van der Waals surface area contributed by atoms with Gasteiger partial charge in [-0.1, -0.05) is 12.1 Å². The Morgan fingerprint density at radius 1 is 1.06 bits per heavy atom. The molecule has 1 aliphatic rings. The molecule has 2 aromatic heterocycles. The zero-order valence-corrected chi connectivity index (χ0v) is 18.8. The van der Waals surface area contributed by atoms with Crippen molar-refractivity contribution >= 4 is 40.0 Å². The fraction of sp³-hybridized carbons (Fsp3) is 0.174. The highest BCUT2D eigenvalue weighted by molar-refractivity contribution is 7.15. The highest BCUT2D eigenvalue weighted by Crippen LogP contribution is 2.33. The number of imide groups is 1. The Kier molecular flexibility index (Phi) is 4.94. The predicted octanol–water partition coefficient (Wildman–Crippen LogP) is 3.72. The van der Waals surface area contributed by atoms with Gasteiger partial charge in [-0.05, 0) is 44.2 Å². The van der Waals surface area contributed by atoms with E-state index in [9.17, 15) is 14.4 Å². The highest BCUT2D eigenvalue weighted by Gasteiger charge is 2.37. The second-order valence-electron chi connectivity index (χ2n) is 7.74. The number of carbonyl (C=O) groups is 3. The predicted molar refractivity (Wildman–Crippen MR) is 123 cm³/mol. The van der Waals surface area contributed by atoms with Crippen molar-refractivity contribution < 1.29 is 19.1 Å². The molecule has 0 fully saturated rings. The van der Waals surface area contributed by atoms with Crippen molar-refractivity contribution in [2.45, 2.75) is 19.9 Å². The standard InChI is InChI=1S/C23H19N5O4S/c1-12(2)27-20(30)14-9-8-13(10-16(14)21(27)31)19(29)24-22-25-23-28(26-22)17(11-33-23)15-6-4-5-7-18(15)32-3/h4-12H,1-3H3,(H,24,26,29). The summed E-state index contributed by atoms with van der Waals surface area (Å²) in [7, 11) is 1.60. The maximum Gasteiger partial charge on any atom is 0.261 e. The molecular weight excluding hydrogens is 442 g/mol. The Bertz CT molecular complexity index is 1440. The Morgan fingerprint density at radius 2 is 1.82 bits per heavy atom. The number of methoxy groups -OCH3 is 1. The van der Waals surface area contributed by atoms with Gasteiger partial charge in [0.1, 0.15) is 5.75 Å². The molecule has 0 radical (unpaired) electrons. The summed E-state index contributed by atoms with van der Waals surface area (Å²) in [4.78, 5) is 44.1. The van der Waals surface area contributed by atoms with E-state index in [1.807, 2.05) is 29.6 Å². The first-order valence-electron chi connectivity index (χ1n) is 10.2. The van der Waals surface area contributed by atoms with Crippen molar-refractivity contribution in [3.8, 4) is 17.0 Å². The van der Waals surface area contributed by atoms with Gasteiger partial charge in [0.05, 0.1) is 23.9 Å². The second kappa shape index (κ2) is 7.82. The minimum Gasteiger partial charge on any atom is -0.496 e. The third kappa shape index (κ3) is 3.35. The normalized spacial score (nSPS) is 13.2. The largest absolute Gasteiger partial charge is 0.496 e. The molecule has 9 nitrogen and oxygen atoms in total. The number of nitrogens with zero attached hydrogens (tertiary/aromatic N) is 4. The van der Waals surface area contributed by atoms with Gasteiger partial charge in [0.25, 0.3) is 23.7 Å². The zero-order chi connectivity index (χ0) is 23.3. The molecule has 0 spiro atoms. The molecule has 1 N–H and O–H groups in total. The number of fused-ring (bicyclic) bond motifs is 2. The minimum atomic E-state index is -0.474. The van der Waals surface area contributed by atoms with E-state index >= 15 is 0 Å². The molecule has 0 aliphatic carbocycles. The summed E-state index contributed by atoms with van der Waals surface area (Å²) in [6.07, 6.45) is 0. The van der Waals surface area contributed by atoms with Gasteiger partial charge in [-0.25, -0.2) is 4.52 Å². The lowest BCUT2D eigenvalue weighted by molar-refractivity contribution is 0.0609. The van der Waals surface area contributed by atoms with E-state index in [2.05, 4.69) is 15.4 Å². The fourth-order valence-electron chi connectivity index (χ4n) is 3.82. The highest BCUT2D eigenvalue weighted by atomic mass is 32.1. The number of nitrogens with one attached hydrogen (secondary N) is 1. The molecule has 3 heterocycles. The number of hydrogen-bond acceptors (Lipinski definition) is 7. The Morgan fingerprint density at radius 3 is 2.58 bits per heavy atom. The van der Waals surface area contributed by atoms with Crippen LogP contribution in [0.25, 0.3) is 16.2 Å². The lowest BCUT2D eigenvalue weighted by Crippen LogP contribution is -2.35. The van der Waals surface area contributed by atoms with E-state index in [0.717, 1.165) is 11.3 Å². The molecule has 166 valence electrons. The van der Waals surface area contributed by atoms with Crippen LogP contribution < -0.4 is 10.1 Å². The summed E-state index contributed by atoms with van der Waals surface area (Å²) in [5.41, 5.74) is 2.40. The van der Waals surface area contributed by atoms with Crippen molar-refractivity contribution in [1.82, 2.24) is 19.5 Å². The summed E-state index contributed by atoms with van der Waals surface area (Å²) in [5.74, 6) is -0.391. The SMILES string of the molecule is COc1ccccc1-c1csc2nc(NC(=O)c3ccc4c(c3)C(=O)N(C(C)C)C4=O)nn12. The van der Waals surface area contributed by atoms with Gasteiger partial charge in [0.2, 0.25) is 4.96 Å². The summed E-state index contributed by atoms with van der Waals surface area (Å²) in [6, 6.07) is 11.8. The van der Waals surface area contributed by atoms with E-state index in [-0.39, 0.29) is 29.0 Å². The molecule has 1 aliphatic heterocycles. The molecule has 3 amide bonds. The molecule has 10 heteroatoms. The minimum absolute atomic E-state index is 0.134. The molecule has 0 atom stereocenters. The number of hydrogen-bond donors (Lipinski definition) is 1. The fourth-order valence-corrected chi connectivity index (χ4v) is 4.64. The van der Waals surface area contributed by atoms with Gasteiger partial charge < -0.3 is 4.74 Å². The van der Waals surface area contributed by atoms with E-state index < -0.39 is 11.8 Å². The molecule has 0 bridgehead atoms. The maximum atomic E-state index is 12.8. The van der Waals surface area contributed by atoms with Crippen LogP contribution in [0.4, 0.5) is 5.95 Å². The van der Waals surface area contributed by atoms with Crippen LogP contribution in [-0.4, -0.2) is 50.4 Å². The van der Waals surface area contributed by atoms with Crippen LogP contribution in [0.3, 0.4) is 0 Å². The zero-order valence-electron chi connectivity index (χ0n) is 18.0. The summed E-state index contributed by atoms with van der Waals surface area (Å²) < 4.78 is 7.08. The molecule has 33 heavy (non-hydrogen) atoms. The van der Waals surface area contributed by atoms with Crippen LogP contribution in [0.15, 0.2) is 47.8 Å². The molecular formula is C23H19N5O4S. The maximum absolute atomic E-state index is 12.8. The van der Waals surface area contributed by atoms with Crippen LogP contribution in [0.1, 0.15) is 44.9 Å². The first-order valence-corrected chi connectivity index (χ1v) is 11.1. The summed E-state index contributed by atoms with van der Waals surface area (Å²) >= 11 is 1.39. The van der Waals surface area contributed by atoms with Crippen LogP contribution in [-0.2, 0) is 0 Å². The van der Waals surface area contributed by atoms with Crippen molar-refractivity contribution in [3.63, 3.8) is 0 Å². The van der Waals surface area contributed by atoms with Gasteiger partial charge in [0.15, 0.2) is 0 Å². The topological polar surface area (TPSA) is 106 Å².